The third-order valence-corrected chi connectivity index (χ3v) is 5.46. The molecule has 0 aromatic heterocycles. The highest BCUT2D eigenvalue weighted by atomic mass is 127. The number of aryl methyl sites for hydroxylation is 2. The summed E-state index contributed by atoms with van der Waals surface area (Å²) in [6.45, 7) is 4.52. The molecule has 28 heavy (non-hydrogen) atoms. The second-order valence-corrected chi connectivity index (χ2v) is 8.03. The van der Waals surface area contributed by atoms with Crippen LogP contribution in [-0.2, 0) is 6.61 Å². The first-order valence-corrected chi connectivity index (χ1v) is 10.3. The molecule has 0 N–H and O–H groups in total. The SMILES string of the molecule is COc1cc(C=Nc2ccc(C)cc2C)cc(I)c1OCc1ccccc1Cl. The number of hydrogen-bond acceptors (Lipinski definition) is 3. The number of aliphatic imine (C=N–C) groups is 1. The molecule has 0 bridgehead atoms. The van der Waals surface area contributed by atoms with Gasteiger partial charge in [0.25, 0.3) is 0 Å². The molecule has 0 amide bonds. The first-order chi connectivity index (χ1) is 13.5. The Morgan fingerprint density at radius 3 is 2.57 bits per heavy atom. The smallest absolute Gasteiger partial charge is 0.174 e. The lowest BCUT2D eigenvalue weighted by Gasteiger charge is -2.14. The Bertz CT molecular complexity index is 1020. The molecule has 0 unspecified atom stereocenters. The summed E-state index contributed by atoms with van der Waals surface area (Å²) in [5.74, 6) is 1.37. The molecule has 0 atom stereocenters. The standard InChI is InChI=1S/C23H21ClINO2/c1-15-8-9-21(16(2)10-15)26-13-17-11-20(25)23(22(12-17)27-3)28-14-18-6-4-5-7-19(18)24/h4-13H,14H2,1-3H3. The molecule has 3 aromatic rings. The largest absolute Gasteiger partial charge is 0.493 e. The van der Waals surface area contributed by atoms with E-state index in [9.17, 15) is 0 Å². The molecule has 0 aliphatic rings. The Morgan fingerprint density at radius 2 is 1.86 bits per heavy atom. The minimum Gasteiger partial charge on any atom is -0.493 e. The van der Waals surface area contributed by atoms with Crippen LogP contribution < -0.4 is 9.47 Å². The van der Waals surface area contributed by atoms with Gasteiger partial charge in [0, 0.05) is 16.8 Å². The van der Waals surface area contributed by atoms with E-state index in [-0.39, 0.29) is 0 Å². The summed E-state index contributed by atoms with van der Waals surface area (Å²) in [5, 5.41) is 0.689. The summed E-state index contributed by atoms with van der Waals surface area (Å²) < 4.78 is 12.5. The van der Waals surface area contributed by atoms with Crippen LogP contribution in [0.25, 0.3) is 0 Å². The van der Waals surface area contributed by atoms with Crippen LogP contribution in [0.15, 0.2) is 59.6 Å². The highest BCUT2D eigenvalue weighted by molar-refractivity contribution is 14.1. The molecule has 0 aliphatic carbocycles. The Balaban J connectivity index is 1.83. The molecule has 3 aromatic carbocycles. The van der Waals surface area contributed by atoms with Crippen molar-refractivity contribution in [1.82, 2.24) is 0 Å². The molecule has 0 radical (unpaired) electrons. The third-order valence-electron chi connectivity index (χ3n) is 4.29. The van der Waals surface area contributed by atoms with Crippen LogP contribution in [0.2, 0.25) is 5.02 Å². The van der Waals surface area contributed by atoms with E-state index in [2.05, 4.69) is 53.6 Å². The van der Waals surface area contributed by atoms with Crippen LogP contribution in [0.4, 0.5) is 5.69 Å². The first kappa shape index (κ1) is 20.7. The van der Waals surface area contributed by atoms with Crippen LogP contribution in [0.1, 0.15) is 22.3 Å². The van der Waals surface area contributed by atoms with Gasteiger partial charge < -0.3 is 9.47 Å². The molecule has 0 spiro atoms. The Kier molecular flexibility index (Phi) is 6.97. The van der Waals surface area contributed by atoms with Crippen LogP contribution in [0.5, 0.6) is 11.5 Å². The number of nitrogens with zero attached hydrogens (tertiary/aromatic N) is 1. The topological polar surface area (TPSA) is 30.8 Å². The molecule has 0 fully saturated rings. The van der Waals surface area contributed by atoms with Gasteiger partial charge in [0.05, 0.1) is 16.4 Å². The Hall–Kier alpha value is -2.05. The minimum atomic E-state index is 0.377. The second-order valence-electron chi connectivity index (χ2n) is 6.46. The molecule has 0 saturated carbocycles. The Morgan fingerprint density at radius 1 is 1.07 bits per heavy atom. The predicted octanol–water partition coefficient (Wildman–Crippen LogP) is 6.90. The van der Waals surface area contributed by atoms with Crippen LogP contribution in [-0.4, -0.2) is 13.3 Å². The lowest BCUT2D eigenvalue weighted by Crippen LogP contribution is -2.01. The fourth-order valence-electron chi connectivity index (χ4n) is 2.81. The number of methoxy groups -OCH3 is 1. The van der Waals surface area contributed by atoms with E-state index in [1.54, 1.807) is 7.11 Å². The maximum atomic E-state index is 6.22. The predicted molar refractivity (Wildman–Crippen MR) is 125 cm³/mol. The second kappa shape index (κ2) is 9.43. The molecular formula is C23H21ClINO2. The number of ether oxygens (including phenoxy) is 2. The van der Waals surface area contributed by atoms with Crippen molar-refractivity contribution in [3.63, 3.8) is 0 Å². The van der Waals surface area contributed by atoms with Crippen molar-refractivity contribution in [2.75, 3.05) is 7.11 Å². The quantitative estimate of drug-likeness (QED) is 0.269. The van der Waals surface area contributed by atoms with Crippen molar-refractivity contribution in [3.8, 4) is 11.5 Å². The van der Waals surface area contributed by atoms with Crippen molar-refractivity contribution < 1.29 is 9.47 Å². The van der Waals surface area contributed by atoms with E-state index in [1.165, 1.54) is 5.56 Å². The van der Waals surface area contributed by atoms with Gasteiger partial charge in [-0.2, -0.15) is 0 Å². The zero-order chi connectivity index (χ0) is 20.1. The number of benzene rings is 3. The maximum absolute atomic E-state index is 6.22. The molecule has 3 nitrogen and oxygen atoms in total. The van der Waals surface area contributed by atoms with Gasteiger partial charge in [0.1, 0.15) is 6.61 Å². The van der Waals surface area contributed by atoms with Gasteiger partial charge in [-0.1, -0.05) is 47.5 Å². The molecule has 5 heteroatoms. The Labute approximate surface area is 184 Å². The van der Waals surface area contributed by atoms with Gasteiger partial charge in [-0.3, -0.25) is 4.99 Å². The molecular weight excluding hydrogens is 485 g/mol. The molecule has 144 valence electrons. The fourth-order valence-corrected chi connectivity index (χ4v) is 3.79. The number of halogens is 2. The van der Waals surface area contributed by atoms with Gasteiger partial charge in [-0.15, -0.1) is 0 Å². The highest BCUT2D eigenvalue weighted by Crippen LogP contribution is 2.35. The van der Waals surface area contributed by atoms with E-state index < -0.39 is 0 Å². The summed E-state index contributed by atoms with van der Waals surface area (Å²) in [4.78, 5) is 4.63. The van der Waals surface area contributed by atoms with Crippen molar-refractivity contribution in [2.45, 2.75) is 20.5 Å². The monoisotopic (exact) mass is 505 g/mol. The maximum Gasteiger partial charge on any atom is 0.174 e. The molecule has 3 rings (SSSR count). The number of hydrogen-bond donors (Lipinski definition) is 0. The normalized spacial score (nSPS) is 11.0. The summed E-state index contributed by atoms with van der Waals surface area (Å²) in [7, 11) is 1.64. The van der Waals surface area contributed by atoms with Crippen LogP contribution in [0.3, 0.4) is 0 Å². The summed E-state index contributed by atoms with van der Waals surface area (Å²) in [5.41, 5.74) is 5.22. The molecule has 0 heterocycles. The third kappa shape index (κ3) is 5.06. The van der Waals surface area contributed by atoms with E-state index in [0.29, 0.717) is 23.1 Å². The zero-order valence-corrected chi connectivity index (χ0v) is 18.9. The van der Waals surface area contributed by atoms with Gasteiger partial charge in [-0.25, -0.2) is 0 Å². The van der Waals surface area contributed by atoms with E-state index in [1.807, 2.05) is 48.7 Å². The summed E-state index contributed by atoms with van der Waals surface area (Å²) in [6.07, 6.45) is 1.85. The lowest BCUT2D eigenvalue weighted by molar-refractivity contribution is 0.282. The van der Waals surface area contributed by atoms with Crippen molar-refractivity contribution >= 4 is 46.1 Å². The average molecular weight is 506 g/mol. The highest BCUT2D eigenvalue weighted by Gasteiger charge is 2.12. The van der Waals surface area contributed by atoms with E-state index >= 15 is 0 Å². The lowest BCUT2D eigenvalue weighted by atomic mass is 10.1. The van der Waals surface area contributed by atoms with Gasteiger partial charge in [0.2, 0.25) is 0 Å². The fraction of sp³-hybridized carbons (Fsp3) is 0.174. The molecule has 0 aliphatic heterocycles. The first-order valence-electron chi connectivity index (χ1n) is 8.83. The van der Waals surface area contributed by atoms with Crippen molar-refractivity contribution in [2.24, 2.45) is 4.99 Å². The number of rotatable bonds is 6. The average Bonchev–Trinajstić information content (AvgIpc) is 2.67. The van der Waals surface area contributed by atoms with Gasteiger partial charge in [-0.05, 0) is 71.8 Å². The van der Waals surface area contributed by atoms with E-state index in [0.717, 1.165) is 25.9 Å². The zero-order valence-electron chi connectivity index (χ0n) is 16.0. The van der Waals surface area contributed by atoms with E-state index in [4.69, 9.17) is 21.1 Å². The minimum absolute atomic E-state index is 0.377. The van der Waals surface area contributed by atoms with Crippen molar-refractivity contribution in [3.05, 3.63) is 85.4 Å². The molecule has 0 saturated heterocycles. The summed E-state index contributed by atoms with van der Waals surface area (Å²) in [6, 6.07) is 17.8. The van der Waals surface area contributed by atoms with Gasteiger partial charge in [0.15, 0.2) is 11.5 Å². The van der Waals surface area contributed by atoms with Crippen molar-refractivity contribution in [1.29, 1.82) is 0 Å². The van der Waals surface area contributed by atoms with Gasteiger partial charge >= 0.3 is 0 Å². The van der Waals surface area contributed by atoms with Crippen LogP contribution >= 0.6 is 34.2 Å². The van der Waals surface area contributed by atoms with Crippen LogP contribution in [0, 0.1) is 17.4 Å². The summed E-state index contributed by atoms with van der Waals surface area (Å²) >= 11 is 8.47.